The molecule has 1 rings (SSSR count). The fourth-order valence-electron chi connectivity index (χ4n) is 1.80. The molecule has 0 aliphatic carbocycles. The Bertz CT molecular complexity index is 326. The second-order valence-corrected chi connectivity index (χ2v) is 5.76. The first-order valence-electron chi connectivity index (χ1n) is 6.18. The van der Waals surface area contributed by atoms with E-state index in [1.54, 1.807) is 0 Å². The molecule has 0 spiro atoms. The van der Waals surface area contributed by atoms with Gasteiger partial charge in [-0.2, -0.15) is 0 Å². The molecule has 1 unspecified atom stereocenters. The average molecular weight is 273 g/mol. The molecule has 0 bridgehead atoms. The Hall–Kier alpha value is -0.880. The van der Waals surface area contributed by atoms with Crippen molar-refractivity contribution < 1.29 is 19.1 Å². The van der Waals surface area contributed by atoms with Gasteiger partial charge >= 0.3 is 11.9 Å². The van der Waals surface area contributed by atoms with Crippen molar-refractivity contribution in [3.63, 3.8) is 0 Å². The molecule has 0 aromatic heterocycles. The van der Waals surface area contributed by atoms with E-state index in [-0.39, 0.29) is 22.8 Å². The lowest BCUT2D eigenvalue weighted by atomic mass is 10.2. The summed E-state index contributed by atoms with van der Waals surface area (Å²) >= 11 is 1.12. The fourth-order valence-corrected chi connectivity index (χ4v) is 2.66. The van der Waals surface area contributed by atoms with Crippen LogP contribution >= 0.6 is 11.8 Å². The zero-order chi connectivity index (χ0) is 13.5. The van der Waals surface area contributed by atoms with Crippen molar-refractivity contribution in [3.8, 4) is 0 Å². The largest absolute Gasteiger partial charge is 0.392 e. The van der Waals surface area contributed by atoms with Gasteiger partial charge in [0, 0.05) is 12.2 Å². The van der Waals surface area contributed by atoms with E-state index in [1.807, 2.05) is 6.92 Å². The van der Waals surface area contributed by atoms with Gasteiger partial charge in [-0.05, 0) is 25.8 Å². The number of hydrogen-bond donors (Lipinski definition) is 1. The van der Waals surface area contributed by atoms with Crippen molar-refractivity contribution in [2.75, 3.05) is 6.54 Å². The van der Waals surface area contributed by atoms with Crippen LogP contribution in [-0.4, -0.2) is 34.9 Å². The summed E-state index contributed by atoms with van der Waals surface area (Å²) in [7, 11) is 0. The molecule has 18 heavy (non-hydrogen) atoms. The molecule has 0 aromatic carbocycles. The molecule has 2 atom stereocenters. The van der Waals surface area contributed by atoms with Crippen LogP contribution in [0.5, 0.6) is 0 Å². The number of carbonyl (C=O) groups excluding carboxylic acids is 3. The Labute approximate surface area is 111 Å². The highest BCUT2D eigenvalue weighted by molar-refractivity contribution is 8.14. The van der Waals surface area contributed by atoms with Crippen molar-refractivity contribution in [1.82, 2.24) is 5.32 Å². The molecule has 1 saturated heterocycles. The van der Waals surface area contributed by atoms with Crippen LogP contribution in [0, 0.1) is 0 Å². The smallest absolute Gasteiger partial charge is 0.330 e. The molecule has 1 fully saturated rings. The fraction of sp³-hybridized carbons (Fsp3) is 0.750. The summed E-state index contributed by atoms with van der Waals surface area (Å²) in [6.45, 7) is 4.15. The predicted octanol–water partition coefficient (Wildman–Crippen LogP) is 1.26. The molecule has 6 heteroatoms. The molecule has 102 valence electrons. The van der Waals surface area contributed by atoms with E-state index < -0.39 is 11.9 Å². The highest BCUT2D eigenvalue weighted by Gasteiger charge is 2.26. The van der Waals surface area contributed by atoms with Crippen LogP contribution in [0.2, 0.25) is 0 Å². The van der Waals surface area contributed by atoms with Gasteiger partial charge in [-0.25, -0.2) is 4.79 Å². The van der Waals surface area contributed by atoms with Gasteiger partial charge in [-0.1, -0.05) is 18.7 Å². The van der Waals surface area contributed by atoms with Crippen LogP contribution in [0.4, 0.5) is 0 Å². The van der Waals surface area contributed by atoms with Gasteiger partial charge in [-0.15, -0.1) is 0 Å². The van der Waals surface area contributed by atoms with E-state index in [9.17, 15) is 14.4 Å². The third-order valence-electron chi connectivity index (χ3n) is 2.74. The minimum atomic E-state index is -0.547. The predicted molar refractivity (Wildman–Crippen MR) is 69.1 cm³/mol. The van der Waals surface area contributed by atoms with E-state index >= 15 is 0 Å². The van der Waals surface area contributed by atoms with E-state index in [0.29, 0.717) is 12.8 Å². The highest BCUT2D eigenvalue weighted by Crippen LogP contribution is 2.19. The number of hydrogen-bond acceptors (Lipinski definition) is 6. The quantitative estimate of drug-likeness (QED) is 0.600. The van der Waals surface area contributed by atoms with Crippen LogP contribution in [-0.2, 0) is 19.1 Å². The monoisotopic (exact) mass is 273 g/mol. The SMILES string of the molecule is CCC(CC(=O)OC(=O)[C@@H]1CCCN1)SC(C)=O. The van der Waals surface area contributed by atoms with Crippen molar-refractivity contribution in [3.05, 3.63) is 0 Å². The molecule has 0 aromatic rings. The van der Waals surface area contributed by atoms with E-state index in [1.165, 1.54) is 6.92 Å². The number of nitrogens with one attached hydrogen (secondary N) is 1. The normalized spacial score (nSPS) is 20.4. The maximum Gasteiger partial charge on any atom is 0.330 e. The van der Waals surface area contributed by atoms with Gasteiger partial charge in [0.2, 0.25) is 0 Å². The number of thioether (sulfide) groups is 1. The first kappa shape index (κ1) is 15.2. The summed E-state index contributed by atoms with van der Waals surface area (Å²) in [4.78, 5) is 34.1. The molecule has 1 aliphatic rings. The Balaban J connectivity index is 2.35. The van der Waals surface area contributed by atoms with Gasteiger partial charge < -0.3 is 10.1 Å². The van der Waals surface area contributed by atoms with Crippen molar-refractivity contribution in [2.45, 2.75) is 50.8 Å². The molecule has 0 radical (unpaired) electrons. The topological polar surface area (TPSA) is 72.5 Å². The lowest BCUT2D eigenvalue weighted by Crippen LogP contribution is -2.34. The maximum absolute atomic E-state index is 11.6. The molecule has 5 nitrogen and oxygen atoms in total. The Morgan fingerprint density at radius 2 is 2.17 bits per heavy atom. The van der Waals surface area contributed by atoms with Gasteiger partial charge in [0.05, 0.1) is 6.42 Å². The first-order valence-corrected chi connectivity index (χ1v) is 7.06. The number of esters is 2. The first-order chi connectivity index (χ1) is 8.52. The molecular weight excluding hydrogens is 254 g/mol. The van der Waals surface area contributed by atoms with Crippen molar-refractivity contribution in [2.24, 2.45) is 0 Å². The third-order valence-corrected chi connectivity index (χ3v) is 3.91. The summed E-state index contributed by atoms with van der Waals surface area (Å²) in [5.74, 6) is -1.05. The zero-order valence-corrected chi connectivity index (χ0v) is 11.5. The molecular formula is C12H19NO4S. The summed E-state index contributed by atoms with van der Waals surface area (Å²) in [6, 6.07) is -0.352. The van der Waals surface area contributed by atoms with Crippen LogP contribution in [0.25, 0.3) is 0 Å². The second-order valence-electron chi connectivity index (χ2n) is 4.29. The standard InChI is InChI=1S/C12H19NO4S/c1-3-9(18-8(2)14)7-11(15)17-12(16)10-5-4-6-13-10/h9-10,13H,3-7H2,1-2H3/t9?,10-/m0/s1. The minimum Gasteiger partial charge on any atom is -0.392 e. The van der Waals surface area contributed by atoms with Crippen molar-refractivity contribution in [1.29, 1.82) is 0 Å². The molecule has 0 saturated carbocycles. The highest BCUT2D eigenvalue weighted by atomic mass is 32.2. The van der Waals surface area contributed by atoms with Crippen LogP contribution < -0.4 is 5.32 Å². The lowest BCUT2D eigenvalue weighted by molar-refractivity contribution is -0.160. The lowest BCUT2D eigenvalue weighted by Gasteiger charge is -2.12. The van der Waals surface area contributed by atoms with Gasteiger partial charge in [0.15, 0.2) is 5.12 Å². The number of rotatable bonds is 5. The van der Waals surface area contributed by atoms with Gasteiger partial charge in [0.1, 0.15) is 6.04 Å². The van der Waals surface area contributed by atoms with Crippen LogP contribution in [0.15, 0.2) is 0 Å². The summed E-state index contributed by atoms with van der Waals surface area (Å²) < 4.78 is 4.78. The number of carbonyl (C=O) groups is 3. The maximum atomic E-state index is 11.6. The van der Waals surface area contributed by atoms with E-state index in [0.717, 1.165) is 24.7 Å². The zero-order valence-electron chi connectivity index (χ0n) is 10.7. The summed E-state index contributed by atoms with van der Waals surface area (Å²) in [5.41, 5.74) is 0. The van der Waals surface area contributed by atoms with Gasteiger partial charge in [-0.3, -0.25) is 9.59 Å². The van der Waals surface area contributed by atoms with Crippen molar-refractivity contribution >= 4 is 28.8 Å². The molecule has 1 aliphatic heterocycles. The summed E-state index contributed by atoms with van der Waals surface area (Å²) in [5, 5.41) is 2.83. The van der Waals surface area contributed by atoms with Crippen LogP contribution in [0.1, 0.15) is 39.5 Å². The van der Waals surface area contributed by atoms with E-state index in [2.05, 4.69) is 5.32 Å². The average Bonchev–Trinajstić information content (AvgIpc) is 2.80. The Morgan fingerprint density at radius 3 is 2.67 bits per heavy atom. The van der Waals surface area contributed by atoms with Crippen LogP contribution in [0.3, 0.4) is 0 Å². The number of ether oxygens (including phenoxy) is 1. The third kappa shape index (κ3) is 5.18. The Kier molecular flexibility index (Phi) is 6.35. The van der Waals surface area contributed by atoms with E-state index in [4.69, 9.17) is 4.74 Å². The molecule has 1 heterocycles. The molecule has 1 N–H and O–H groups in total. The second kappa shape index (κ2) is 7.53. The molecule has 0 amide bonds. The van der Waals surface area contributed by atoms with Gasteiger partial charge in [0.25, 0.3) is 0 Å². The Morgan fingerprint density at radius 1 is 1.44 bits per heavy atom. The summed E-state index contributed by atoms with van der Waals surface area (Å²) in [6.07, 6.45) is 2.42. The minimum absolute atomic E-state index is 0.0292.